The number of anilines is 2. The molecule has 39 heavy (non-hydrogen) atoms. The minimum atomic E-state index is -0.602. The first-order valence-corrected chi connectivity index (χ1v) is 12.8. The largest absolute Gasteiger partial charge is 0.376 e. The average Bonchev–Trinajstić information content (AvgIpc) is 3.50. The Morgan fingerprint density at radius 1 is 1.05 bits per heavy atom. The standard InChI is InChI=1S/C29H29ClN8O/c1-29(2,39-3)28(18-8-5-4-6-9-18)36-25-20(14-31)16-33-27-22(25)12-21(13-23(27)30)35-26(24-17-34-38-37-24)19-10-7-11-32-15-19/h4-13,15-17,26,28,34-35,37-38H,1-3H3,(H,33,36)/t26-,28+/m0/s1. The molecule has 9 nitrogen and oxygen atoms in total. The van der Waals surface area contributed by atoms with E-state index in [2.05, 4.69) is 43.1 Å². The number of methoxy groups -OCH3 is 1. The highest BCUT2D eigenvalue weighted by molar-refractivity contribution is 6.35. The Hall–Kier alpha value is -4.36. The number of ether oxygens (including phenoxy) is 1. The van der Waals surface area contributed by atoms with Crippen molar-refractivity contribution in [3.05, 3.63) is 107 Å². The van der Waals surface area contributed by atoms with Crippen molar-refractivity contribution in [2.24, 2.45) is 0 Å². The van der Waals surface area contributed by atoms with Gasteiger partial charge in [-0.2, -0.15) is 10.8 Å². The molecule has 0 aliphatic carbocycles. The van der Waals surface area contributed by atoms with Crippen LogP contribution in [0.25, 0.3) is 10.9 Å². The number of nitrogens with zero attached hydrogens (tertiary/aromatic N) is 3. The summed E-state index contributed by atoms with van der Waals surface area (Å²) in [5.41, 5.74) is 13.6. The summed E-state index contributed by atoms with van der Waals surface area (Å²) < 4.78 is 5.89. The predicted molar refractivity (Wildman–Crippen MR) is 153 cm³/mol. The summed E-state index contributed by atoms with van der Waals surface area (Å²) in [6.07, 6.45) is 6.93. The van der Waals surface area contributed by atoms with Gasteiger partial charge in [-0.25, -0.2) is 0 Å². The Morgan fingerprint density at radius 2 is 1.85 bits per heavy atom. The maximum Gasteiger partial charge on any atom is 0.103 e. The highest BCUT2D eigenvalue weighted by Crippen LogP contribution is 2.39. The zero-order valence-electron chi connectivity index (χ0n) is 21.8. The number of nitrogens with one attached hydrogen (secondary N) is 5. The summed E-state index contributed by atoms with van der Waals surface area (Å²) >= 11 is 6.78. The van der Waals surface area contributed by atoms with Crippen LogP contribution in [-0.4, -0.2) is 22.7 Å². The molecule has 4 aromatic rings. The molecule has 2 aromatic carbocycles. The molecule has 1 aliphatic heterocycles. The van der Waals surface area contributed by atoms with Crippen LogP contribution in [0.3, 0.4) is 0 Å². The second kappa shape index (κ2) is 11.2. The smallest absolute Gasteiger partial charge is 0.103 e. The van der Waals surface area contributed by atoms with Crippen molar-refractivity contribution in [1.82, 2.24) is 26.4 Å². The van der Waals surface area contributed by atoms with Crippen molar-refractivity contribution < 1.29 is 4.74 Å². The van der Waals surface area contributed by atoms with E-state index >= 15 is 0 Å². The van der Waals surface area contributed by atoms with Gasteiger partial charge in [0.05, 0.1) is 45.2 Å². The molecule has 1 aliphatic rings. The van der Waals surface area contributed by atoms with Gasteiger partial charge in [0.25, 0.3) is 0 Å². The maximum atomic E-state index is 10.1. The molecule has 0 unspecified atom stereocenters. The van der Waals surface area contributed by atoms with Crippen molar-refractivity contribution in [2.75, 3.05) is 17.7 Å². The van der Waals surface area contributed by atoms with E-state index in [1.165, 1.54) is 0 Å². The van der Waals surface area contributed by atoms with Gasteiger partial charge in [-0.1, -0.05) is 48.0 Å². The fraction of sp³-hybridized carbons (Fsp3) is 0.207. The molecule has 5 N–H and O–H groups in total. The summed E-state index contributed by atoms with van der Waals surface area (Å²) in [5, 5.41) is 18.4. The van der Waals surface area contributed by atoms with Crippen LogP contribution < -0.4 is 27.0 Å². The third-order valence-corrected chi connectivity index (χ3v) is 7.12. The van der Waals surface area contributed by atoms with Crippen LogP contribution in [0.15, 0.2) is 85.1 Å². The Labute approximate surface area is 232 Å². The highest BCUT2D eigenvalue weighted by Gasteiger charge is 2.32. The van der Waals surface area contributed by atoms with Crippen molar-refractivity contribution in [3.63, 3.8) is 0 Å². The van der Waals surface area contributed by atoms with E-state index in [0.29, 0.717) is 27.2 Å². The number of hydrogen-bond acceptors (Lipinski definition) is 9. The van der Waals surface area contributed by atoms with E-state index in [9.17, 15) is 5.26 Å². The molecule has 2 aromatic heterocycles. The molecule has 10 heteroatoms. The molecule has 0 radical (unpaired) electrons. The van der Waals surface area contributed by atoms with Crippen LogP contribution in [0, 0.1) is 11.3 Å². The summed E-state index contributed by atoms with van der Waals surface area (Å²) in [4.78, 5) is 8.81. The Kier molecular flexibility index (Phi) is 7.52. The molecule has 0 saturated carbocycles. The Morgan fingerprint density at radius 3 is 2.51 bits per heavy atom. The molecule has 198 valence electrons. The van der Waals surface area contributed by atoms with Gasteiger partial charge in [-0.15, -0.1) is 0 Å². The van der Waals surface area contributed by atoms with Gasteiger partial charge in [-0.05, 0) is 43.2 Å². The molecular weight excluding hydrogens is 512 g/mol. The van der Waals surface area contributed by atoms with E-state index in [4.69, 9.17) is 16.3 Å². The molecule has 0 saturated heterocycles. The van der Waals surface area contributed by atoms with Gasteiger partial charge in [0.1, 0.15) is 6.07 Å². The molecule has 0 fully saturated rings. The van der Waals surface area contributed by atoms with E-state index in [1.807, 2.05) is 74.6 Å². The van der Waals surface area contributed by atoms with Crippen LogP contribution >= 0.6 is 11.6 Å². The first-order chi connectivity index (χ1) is 18.9. The molecule has 0 amide bonds. The van der Waals surface area contributed by atoms with Crippen molar-refractivity contribution in [3.8, 4) is 6.07 Å². The second-order valence-electron chi connectivity index (χ2n) is 9.67. The van der Waals surface area contributed by atoms with Crippen molar-refractivity contribution in [2.45, 2.75) is 31.5 Å². The van der Waals surface area contributed by atoms with Gasteiger partial charge in [0.2, 0.25) is 0 Å². The summed E-state index contributed by atoms with van der Waals surface area (Å²) in [6, 6.07) is 19.4. The number of hydrazine groups is 2. The number of hydrogen-bond donors (Lipinski definition) is 5. The topological polar surface area (TPSA) is 119 Å². The summed E-state index contributed by atoms with van der Waals surface area (Å²) in [7, 11) is 1.68. The first kappa shape index (κ1) is 26.3. The van der Waals surface area contributed by atoms with Crippen LogP contribution in [0.5, 0.6) is 0 Å². The van der Waals surface area contributed by atoms with E-state index < -0.39 is 5.60 Å². The zero-order chi connectivity index (χ0) is 27.4. The van der Waals surface area contributed by atoms with Crippen molar-refractivity contribution >= 4 is 33.9 Å². The van der Waals surface area contributed by atoms with Gasteiger partial charge < -0.3 is 26.2 Å². The minimum Gasteiger partial charge on any atom is -0.376 e. The highest BCUT2D eigenvalue weighted by atomic mass is 35.5. The lowest BCUT2D eigenvalue weighted by Crippen LogP contribution is -2.36. The molecule has 2 atom stereocenters. The maximum absolute atomic E-state index is 10.1. The fourth-order valence-corrected chi connectivity index (χ4v) is 4.89. The van der Waals surface area contributed by atoms with Crippen molar-refractivity contribution in [1.29, 1.82) is 5.26 Å². The minimum absolute atomic E-state index is 0.261. The normalized spacial score (nSPS) is 14.5. The van der Waals surface area contributed by atoms with Crippen LogP contribution in [0.1, 0.15) is 42.6 Å². The lowest BCUT2D eigenvalue weighted by atomic mass is 9.90. The van der Waals surface area contributed by atoms with Gasteiger partial charge in [-0.3, -0.25) is 9.97 Å². The Balaban J connectivity index is 1.62. The number of pyridine rings is 2. The SMILES string of the molecule is COC(C)(C)[C@H](Nc1c(C#N)cnc2c(Cl)cc(N[C@H](C3=CNNN3)c3cccnc3)cc12)c1ccccc1. The zero-order valence-corrected chi connectivity index (χ0v) is 22.5. The van der Waals surface area contributed by atoms with Crippen LogP contribution in [0.4, 0.5) is 11.4 Å². The van der Waals surface area contributed by atoms with Crippen LogP contribution in [0.2, 0.25) is 5.02 Å². The Bertz CT molecular complexity index is 1540. The van der Waals surface area contributed by atoms with Gasteiger partial charge >= 0.3 is 0 Å². The predicted octanol–water partition coefficient (Wildman–Crippen LogP) is 5.34. The second-order valence-corrected chi connectivity index (χ2v) is 10.1. The molecular formula is C29H29ClN8O. The number of benzene rings is 2. The number of aromatic nitrogens is 2. The number of nitriles is 1. The number of fused-ring (bicyclic) bond motifs is 1. The third-order valence-electron chi connectivity index (χ3n) is 6.83. The van der Waals surface area contributed by atoms with E-state index in [0.717, 1.165) is 22.5 Å². The third kappa shape index (κ3) is 5.45. The summed E-state index contributed by atoms with van der Waals surface area (Å²) in [5.74, 6) is 0. The lowest BCUT2D eigenvalue weighted by Gasteiger charge is -2.35. The average molecular weight is 541 g/mol. The number of rotatable bonds is 9. The first-order valence-electron chi connectivity index (χ1n) is 12.4. The molecule has 5 rings (SSSR count). The molecule has 0 bridgehead atoms. The summed E-state index contributed by atoms with van der Waals surface area (Å²) in [6.45, 7) is 4.02. The fourth-order valence-electron chi connectivity index (χ4n) is 4.62. The van der Waals surface area contributed by atoms with E-state index in [1.54, 1.807) is 25.7 Å². The lowest BCUT2D eigenvalue weighted by molar-refractivity contribution is 0.00568. The molecule has 0 spiro atoms. The quantitative estimate of drug-likeness (QED) is 0.191. The van der Waals surface area contributed by atoms with E-state index in [-0.39, 0.29) is 12.1 Å². The monoisotopic (exact) mass is 540 g/mol. The van der Waals surface area contributed by atoms with Crippen LogP contribution in [-0.2, 0) is 4.74 Å². The van der Waals surface area contributed by atoms with Gasteiger partial charge in [0.15, 0.2) is 0 Å². The molecule has 3 heterocycles. The number of halogens is 1. The van der Waals surface area contributed by atoms with Gasteiger partial charge in [0, 0.05) is 43.0 Å².